The Kier molecular flexibility index (Phi) is 6.42. The zero-order valence-electron chi connectivity index (χ0n) is 11.7. The van der Waals surface area contributed by atoms with Crippen molar-refractivity contribution in [2.24, 2.45) is 11.7 Å². The lowest BCUT2D eigenvalue weighted by atomic mass is 9.78. The van der Waals surface area contributed by atoms with Gasteiger partial charge in [0.15, 0.2) is 0 Å². The molecule has 1 atom stereocenters. The Morgan fingerprint density at radius 2 is 2.05 bits per heavy atom. The fourth-order valence-corrected chi connectivity index (χ4v) is 2.05. The highest BCUT2D eigenvalue weighted by molar-refractivity contribution is 5.28. The van der Waals surface area contributed by atoms with Gasteiger partial charge in [-0.3, -0.25) is 0 Å². The van der Waals surface area contributed by atoms with E-state index in [1.165, 1.54) is 6.07 Å². The van der Waals surface area contributed by atoms with Crippen LogP contribution in [0.4, 0.5) is 4.39 Å². The van der Waals surface area contributed by atoms with Crippen molar-refractivity contribution in [1.82, 2.24) is 0 Å². The third-order valence-corrected chi connectivity index (χ3v) is 3.31. The van der Waals surface area contributed by atoms with Crippen LogP contribution in [0.25, 0.3) is 0 Å². The summed E-state index contributed by atoms with van der Waals surface area (Å²) in [7, 11) is 0. The number of hydrogen-bond acceptors (Lipinski definition) is 3. The van der Waals surface area contributed by atoms with Crippen LogP contribution in [-0.4, -0.2) is 31.5 Å². The quantitative estimate of drug-likeness (QED) is 0.710. The molecule has 0 saturated carbocycles. The number of aliphatic hydroxyl groups excluding tert-OH is 1. The Labute approximate surface area is 114 Å². The predicted molar refractivity (Wildman–Crippen MR) is 74.5 cm³/mol. The topological polar surface area (TPSA) is 55.5 Å². The summed E-state index contributed by atoms with van der Waals surface area (Å²) in [6.07, 6.45) is 0.508. The first kappa shape index (κ1) is 16.1. The van der Waals surface area contributed by atoms with Crippen molar-refractivity contribution < 1.29 is 14.2 Å². The number of halogens is 1. The van der Waals surface area contributed by atoms with Crippen LogP contribution in [0.3, 0.4) is 0 Å². The van der Waals surface area contributed by atoms with Crippen molar-refractivity contribution in [3.05, 3.63) is 35.6 Å². The van der Waals surface area contributed by atoms with E-state index in [4.69, 9.17) is 10.5 Å². The fraction of sp³-hybridized carbons (Fsp3) is 0.600. The van der Waals surface area contributed by atoms with E-state index < -0.39 is 5.41 Å². The van der Waals surface area contributed by atoms with Crippen LogP contribution in [0.2, 0.25) is 0 Å². The lowest BCUT2D eigenvalue weighted by molar-refractivity contribution is 0.0781. The lowest BCUT2D eigenvalue weighted by Crippen LogP contribution is -2.40. The van der Waals surface area contributed by atoms with Gasteiger partial charge in [-0.25, -0.2) is 4.39 Å². The molecular weight excluding hydrogens is 245 g/mol. The summed E-state index contributed by atoms with van der Waals surface area (Å²) in [5, 5.41) is 9.66. The lowest BCUT2D eigenvalue weighted by Gasteiger charge is -2.31. The predicted octanol–water partition coefficient (Wildman–Crippen LogP) is 2.08. The van der Waals surface area contributed by atoms with Crippen LogP contribution in [0.1, 0.15) is 25.8 Å². The highest BCUT2D eigenvalue weighted by atomic mass is 19.1. The molecule has 0 aliphatic rings. The first-order valence-corrected chi connectivity index (χ1v) is 6.69. The third-order valence-electron chi connectivity index (χ3n) is 3.31. The van der Waals surface area contributed by atoms with Gasteiger partial charge in [0.2, 0.25) is 0 Å². The van der Waals surface area contributed by atoms with E-state index in [0.717, 1.165) is 0 Å². The molecule has 0 heterocycles. The summed E-state index contributed by atoms with van der Waals surface area (Å²) in [6, 6.07) is 6.46. The minimum atomic E-state index is -0.762. The van der Waals surface area contributed by atoms with Gasteiger partial charge in [0.1, 0.15) is 5.82 Å². The maximum absolute atomic E-state index is 13.9. The maximum Gasteiger partial charge on any atom is 0.127 e. The number of rotatable bonds is 8. The van der Waals surface area contributed by atoms with Crippen molar-refractivity contribution in [3.8, 4) is 0 Å². The summed E-state index contributed by atoms with van der Waals surface area (Å²) < 4.78 is 19.4. The van der Waals surface area contributed by atoms with E-state index in [0.29, 0.717) is 31.1 Å². The molecule has 3 nitrogen and oxygen atoms in total. The summed E-state index contributed by atoms with van der Waals surface area (Å²) in [5.74, 6) is 0.126. The van der Waals surface area contributed by atoms with Crippen LogP contribution in [0.5, 0.6) is 0 Å². The van der Waals surface area contributed by atoms with Gasteiger partial charge < -0.3 is 15.6 Å². The second-order valence-corrected chi connectivity index (χ2v) is 5.34. The normalized spacial score (nSPS) is 14.6. The second kappa shape index (κ2) is 7.58. The molecule has 0 saturated heterocycles. The largest absolute Gasteiger partial charge is 0.395 e. The summed E-state index contributed by atoms with van der Waals surface area (Å²) >= 11 is 0. The molecule has 0 radical (unpaired) electrons. The van der Waals surface area contributed by atoms with Gasteiger partial charge in [0, 0.05) is 25.2 Å². The van der Waals surface area contributed by atoms with Gasteiger partial charge in [0.25, 0.3) is 0 Å². The van der Waals surface area contributed by atoms with E-state index in [-0.39, 0.29) is 19.0 Å². The van der Waals surface area contributed by atoms with Gasteiger partial charge in [-0.2, -0.15) is 0 Å². The van der Waals surface area contributed by atoms with Crippen molar-refractivity contribution >= 4 is 0 Å². The van der Waals surface area contributed by atoms with Gasteiger partial charge in [-0.05, 0) is 24.0 Å². The summed E-state index contributed by atoms with van der Waals surface area (Å²) in [6.45, 7) is 5.26. The molecule has 0 aromatic heterocycles. The molecule has 1 aromatic rings. The van der Waals surface area contributed by atoms with Gasteiger partial charge in [-0.15, -0.1) is 0 Å². The Bertz CT molecular complexity index is 378. The maximum atomic E-state index is 13.9. The summed E-state index contributed by atoms with van der Waals surface area (Å²) in [4.78, 5) is 0. The van der Waals surface area contributed by atoms with E-state index in [1.54, 1.807) is 18.2 Å². The fourth-order valence-electron chi connectivity index (χ4n) is 2.05. The first-order valence-electron chi connectivity index (χ1n) is 6.69. The molecule has 1 rings (SSSR count). The number of benzene rings is 1. The van der Waals surface area contributed by atoms with Crippen LogP contribution < -0.4 is 5.73 Å². The summed E-state index contributed by atoms with van der Waals surface area (Å²) in [5.41, 5.74) is 5.48. The third kappa shape index (κ3) is 4.27. The Morgan fingerprint density at radius 1 is 1.37 bits per heavy atom. The number of ether oxygens (including phenoxy) is 1. The SMILES string of the molecule is CC(C)COCCC(CN)(CO)c1ccccc1F. The van der Waals surface area contributed by atoms with E-state index >= 15 is 0 Å². The molecule has 3 N–H and O–H groups in total. The molecular formula is C15H24FNO2. The Morgan fingerprint density at radius 3 is 2.58 bits per heavy atom. The molecule has 19 heavy (non-hydrogen) atoms. The highest BCUT2D eigenvalue weighted by Crippen LogP contribution is 2.29. The standard InChI is InChI=1S/C15H24FNO2/c1-12(2)9-19-8-7-15(10-17,11-18)13-5-3-4-6-14(13)16/h3-6,12,18H,7-11,17H2,1-2H3. The van der Waals surface area contributed by atoms with Crippen LogP contribution in [0, 0.1) is 11.7 Å². The minimum Gasteiger partial charge on any atom is -0.395 e. The Hall–Kier alpha value is -0.970. The molecule has 1 aromatic carbocycles. The van der Waals surface area contributed by atoms with E-state index in [9.17, 15) is 9.50 Å². The van der Waals surface area contributed by atoms with Crippen LogP contribution in [0.15, 0.2) is 24.3 Å². The molecule has 1 unspecified atom stereocenters. The van der Waals surface area contributed by atoms with E-state index in [1.807, 2.05) is 0 Å². The average Bonchev–Trinajstić information content (AvgIpc) is 2.40. The molecule has 108 valence electrons. The van der Waals surface area contributed by atoms with Gasteiger partial charge in [0.05, 0.1) is 6.61 Å². The molecule has 4 heteroatoms. The van der Waals surface area contributed by atoms with Gasteiger partial charge >= 0.3 is 0 Å². The average molecular weight is 269 g/mol. The molecule has 0 aliphatic carbocycles. The number of hydrogen-bond donors (Lipinski definition) is 2. The van der Waals surface area contributed by atoms with Crippen LogP contribution >= 0.6 is 0 Å². The zero-order valence-corrected chi connectivity index (χ0v) is 11.7. The first-order chi connectivity index (χ1) is 9.05. The molecule has 0 fully saturated rings. The number of aliphatic hydroxyl groups is 1. The van der Waals surface area contributed by atoms with Gasteiger partial charge in [-0.1, -0.05) is 32.0 Å². The van der Waals surface area contributed by atoms with Crippen molar-refractivity contribution in [3.63, 3.8) is 0 Å². The van der Waals surface area contributed by atoms with Crippen molar-refractivity contribution in [1.29, 1.82) is 0 Å². The Balaban J connectivity index is 2.77. The molecule has 0 aliphatic heterocycles. The second-order valence-electron chi connectivity index (χ2n) is 5.34. The molecule has 0 spiro atoms. The van der Waals surface area contributed by atoms with Crippen LogP contribution in [-0.2, 0) is 10.2 Å². The number of nitrogens with two attached hydrogens (primary N) is 1. The molecule has 0 bridgehead atoms. The zero-order chi connectivity index (χ0) is 14.3. The van der Waals surface area contributed by atoms with E-state index in [2.05, 4.69) is 13.8 Å². The van der Waals surface area contributed by atoms with Crippen molar-refractivity contribution in [2.75, 3.05) is 26.4 Å². The smallest absolute Gasteiger partial charge is 0.127 e. The highest BCUT2D eigenvalue weighted by Gasteiger charge is 2.32. The monoisotopic (exact) mass is 269 g/mol. The molecule has 0 amide bonds. The van der Waals surface area contributed by atoms with Crippen molar-refractivity contribution in [2.45, 2.75) is 25.7 Å². The minimum absolute atomic E-state index is 0.185.